The maximum Gasteiger partial charge on any atom is 0.238 e. The highest BCUT2D eigenvalue weighted by Gasteiger charge is 2.20. The summed E-state index contributed by atoms with van der Waals surface area (Å²) < 4.78 is 4.57. The van der Waals surface area contributed by atoms with Crippen molar-refractivity contribution >= 4 is 43.6 Å². The Labute approximate surface area is 393 Å². The number of aromatic nitrogens is 5. The summed E-state index contributed by atoms with van der Waals surface area (Å²) in [6.07, 6.45) is 0. The summed E-state index contributed by atoms with van der Waals surface area (Å²) in [6, 6.07) is 88.3. The predicted octanol–water partition coefficient (Wildman–Crippen LogP) is 16.1. The first kappa shape index (κ1) is 39.2. The maximum absolute atomic E-state index is 5.29. The van der Waals surface area contributed by atoms with Gasteiger partial charge in [0.2, 0.25) is 5.95 Å². The number of hydrogen-bond acceptors (Lipinski definition) is 3. The molecule has 0 amide bonds. The molecule has 0 fully saturated rings. The molecular weight excluding hydrogens is 827 g/mol. The quantitative estimate of drug-likeness (QED) is 0.153. The van der Waals surface area contributed by atoms with Crippen molar-refractivity contribution in [3.8, 4) is 78.9 Å². The molecule has 68 heavy (non-hydrogen) atoms. The van der Waals surface area contributed by atoms with E-state index in [9.17, 15) is 0 Å². The fourth-order valence-electron chi connectivity index (χ4n) is 9.87. The van der Waals surface area contributed by atoms with Gasteiger partial charge < -0.3 is 4.57 Å². The van der Waals surface area contributed by atoms with Crippen LogP contribution < -0.4 is 0 Å². The molecular formula is C63H41N5. The van der Waals surface area contributed by atoms with E-state index in [4.69, 9.17) is 15.0 Å². The molecule has 0 unspecified atom stereocenters. The minimum Gasteiger partial charge on any atom is -0.309 e. The van der Waals surface area contributed by atoms with E-state index < -0.39 is 0 Å². The van der Waals surface area contributed by atoms with E-state index in [2.05, 4.69) is 234 Å². The lowest BCUT2D eigenvalue weighted by Crippen LogP contribution is -2.06. The zero-order valence-electron chi connectivity index (χ0n) is 36.9. The average Bonchev–Trinajstić information content (AvgIpc) is 3.94. The van der Waals surface area contributed by atoms with E-state index in [1.54, 1.807) is 0 Å². The molecule has 0 aliphatic heterocycles. The number of benzene rings is 10. The summed E-state index contributed by atoms with van der Waals surface area (Å²) >= 11 is 0. The molecule has 0 N–H and O–H groups in total. The minimum absolute atomic E-state index is 0.566. The number of fused-ring (bicyclic) bond motifs is 6. The van der Waals surface area contributed by atoms with Gasteiger partial charge in [-0.1, -0.05) is 194 Å². The van der Waals surface area contributed by atoms with Gasteiger partial charge in [-0.05, 0) is 99.1 Å². The summed E-state index contributed by atoms with van der Waals surface area (Å²) in [5.41, 5.74) is 16.7. The van der Waals surface area contributed by atoms with Gasteiger partial charge in [-0.2, -0.15) is 9.97 Å². The summed E-state index contributed by atoms with van der Waals surface area (Å²) in [6.45, 7) is 0. The molecule has 0 saturated heterocycles. The lowest BCUT2D eigenvalue weighted by molar-refractivity contribution is 0.953. The van der Waals surface area contributed by atoms with Crippen molar-refractivity contribution in [2.24, 2.45) is 0 Å². The van der Waals surface area contributed by atoms with Gasteiger partial charge in [0.1, 0.15) is 0 Å². The van der Waals surface area contributed by atoms with Gasteiger partial charge in [0.15, 0.2) is 11.6 Å². The van der Waals surface area contributed by atoms with Gasteiger partial charge >= 0.3 is 0 Å². The Morgan fingerprint density at radius 1 is 0.221 bits per heavy atom. The van der Waals surface area contributed by atoms with Crippen LogP contribution in [0.4, 0.5) is 0 Å². The average molecular weight is 868 g/mol. The Morgan fingerprint density at radius 2 is 0.588 bits per heavy atom. The van der Waals surface area contributed by atoms with Crippen molar-refractivity contribution in [2.45, 2.75) is 0 Å². The summed E-state index contributed by atoms with van der Waals surface area (Å²) in [4.78, 5) is 15.6. The van der Waals surface area contributed by atoms with Crippen molar-refractivity contribution in [1.29, 1.82) is 0 Å². The second kappa shape index (κ2) is 16.4. The van der Waals surface area contributed by atoms with Crippen LogP contribution in [-0.2, 0) is 0 Å². The third-order valence-corrected chi connectivity index (χ3v) is 13.2. The van der Waals surface area contributed by atoms with Gasteiger partial charge in [0, 0.05) is 38.4 Å². The van der Waals surface area contributed by atoms with Crippen molar-refractivity contribution in [1.82, 2.24) is 24.1 Å². The maximum atomic E-state index is 5.29. The SMILES string of the molecule is c1ccc(-c2ccc(-c3cccc(-c4nc(-c5ccccc5)nc(-n5c6ccccc6c6cc(-c7ccc8c(c7)c7ccccc7n8-c7ccc(-c8ccccc8)cc7)ccc65)n4)c3)cc2)cc1. The summed E-state index contributed by atoms with van der Waals surface area (Å²) in [5, 5.41) is 4.70. The molecule has 10 aromatic carbocycles. The fourth-order valence-corrected chi connectivity index (χ4v) is 9.87. The molecule has 0 aliphatic carbocycles. The molecule has 3 aromatic heterocycles. The van der Waals surface area contributed by atoms with Crippen LogP contribution in [0.25, 0.3) is 123 Å². The first-order chi connectivity index (χ1) is 33.7. The van der Waals surface area contributed by atoms with Crippen LogP contribution in [0.1, 0.15) is 0 Å². The van der Waals surface area contributed by atoms with Gasteiger partial charge in [0.05, 0.1) is 22.1 Å². The molecule has 3 heterocycles. The Bertz CT molecular complexity index is 3980. The highest BCUT2D eigenvalue weighted by molar-refractivity contribution is 6.12. The molecule has 13 rings (SSSR count). The third-order valence-electron chi connectivity index (χ3n) is 13.2. The van der Waals surface area contributed by atoms with Gasteiger partial charge in [-0.15, -0.1) is 0 Å². The molecule has 13 aromatic rings. The van der Waals surface area contributed by atoms with Crippen molar-refractivity contribution in [2.75, 3.05) is 0 Å². The Hall–Kier alpha value is -9.19. The molecule has 0 saturated carbocycles. The zero-order valence-corrected chi connectivity index (χ0v) is 36.9. The van der Waals surface area contributed by atoms with E-state index in [0.717, 1.165) is 60.9 Å². The van der Waals surface area contributed by atoms with Crippen LogP contribution >= 0.6 is 0 Å². The van der Waals surface area contributed by atoms with Crippen molar-refractivity contribution in [3.63, 3.8) is 0 Å². The van der Waals surface area contributed by atoms with E-state index in [1.807, 2.05) is 24.3 Å². The molecule has 0 bridgehead atoms. The summed E-state index contributed by atoms with van der Waals surface area (Å²) in [5.74, 6) is 1.79. The normalized spacial score (nSPS) is 11.5. The van der Waals surface area contributed by atoms with E-state index in [0.29, 0.717) is 17.6 Å². The fraction of sp³-hybridized carbons (Fsp3) is 0. The number of rotatable bonds is 8. The monoisotopic (exact) mass is 867 g/mol. The van der Waals surface area contributed by atoms with Gasteiger partial charge in [0.25, 0.3) is 0 Å². The number of nitrogens with zero attached hydrogens (tertiary/aromatic N) is 5. The molecule has 0 spiro atoms. The highest BCUT2D eigenvalue weighted by Crippen LogP contribution is 2.39. The highest BCUT2D eigenvalue weighted by atomic mass is 15.2. The largest absolute Gasteiger partial charge is 0.309 e. The standard InChI is InChI=1S/C63H41N5/c1-4-15-42(16-5-1)44-27-29-46(30-28-44)48-21-14-22-51(39-48)62-64-61(47-19-8-3-9-20-47)65-63(66-62)68-58-26-13-11-24-54(58)56-41-50(34-38-60(56)68)49-33-37-59-55(40-49)53-23-10-12-25-57(53)67(59)52-35-31-45(32-36-52)43-17-6-2-7-18-43/h1-41H. The Kier molecular flexibility index (Phi) is 9.43. The molecule has 318 valence electrons. The molecule has 0 atom stereocenters. The third kappa shape index (κ3) is 6.84. The van der Waals surface area contributed by atoms with Crippen LogP contribution in [0.5, 0.6) is 0 Å². The smallest absolute Gasteiger partial charge is 0.238 e. The number of para-hydroxylation sites is 2. The Balaban J connectivity index is 0.914. The molecule has 5 heteroatoms. The van der Waals surface area contributed by atoms with Crippen LogP contribution in [0.3, 0.4) is 0 Å². The molecule has 5 nitrogen and oxygen atoms in total. The lowest BCUT2D eigenvalue weighted by Gasteiger charge is -2.12. The number of hydrogen-bond donors (Lipinski definition) is 0. The van der Waals surface area contributed by atoms with Crippen molar-refractivity contribution in [3.05, 3.63) is 249 Å². The van der Waals surface area contributed by atoms with Gasteiger partial charge in [-0.3, -0.25) is 4.57 Å². The van der Waals surface area contributed by atoms with Crippen LogP contribution in [0.2, 0.25) is 0 Å². The van der Waals surface area contributed by atoms with Crippen molar-refractivity contribution < 1.29 is 0 Å². The minimum atomic E-state index is 0.566. The van der Waals surface area contributed by atoms with E-state index >= 15 is 0 Å². The van der Waals surface area contributed by atoms with E-state index in [1.165, 1.54) is 44.1 Å². The topological polar surface area (TPSA) is 48.5 Å². The Morgan fingerprint density at radius 3 is 1.16 bits per heavy atom. The first-order valence-electron chi connectivity index (χ1n) is 23.0. The second-order valence-corrected chi connectivity index (χ2v) is 17.3. The zero-order chi connectivity index (χ0) is 45.0. The van der Waals surface area contributed by atoms with E-state index in [-0.39, 0.29) is 0 Å². The molecule has 0 aliphatic rings. The lowest BCUT2D eigenvalue weighted by atomic mass is 9.99. The van der Waals surface area contributed by atoms with Crippen LogP contribution in [-0.4, -0.2) is 24.1 Å². The summed E-state index contributed by atoms with van der Waals surface area (Å²) in [7, 11) is 0. The van der Waals surface area contributed by atoms with Crippen LogP contribution in [0, 0.1) is 0 Å². The second-order valence-electron chi connectivity index (χ2n) is 17.3. The van der Waals surface area contributed by atoms with Gasteiger partial charge in [-0.25, -0.2) is 4.98 Å². The first-order valence-corrected chi connectivity index (χ1v) is 23.0. The molecule has 0 radical (unpaired) electrons. The van der Waals surface area contributed by atoms with Crippen LogP contribution in [0.15, 0.2) is 249 Å². The predicted molar refractivity (Wildman–Crippen MR) is 281 cm³/mol.